The SMILES string of the molecule is Cc1nn(C)c(Cl)c1CN(CCCO)c1ccccc1. The lowest BCUT2D eigenvalue weighted by Crippen LogP contribution is -2.24. The van der Waals surface area contributed by atoms with E-state index in [2.05, 4.69) is 22.1 Å². The van der Waals surface area contributed by atoms with Crippen LogP contribution in [-0.4, -0.2) is 28.0 Å². The number of anilines is 1. The summed E-state index contributed by atoms with van der Waals surface area (Å²) in [6.45, 7) is 3.63. The van der Waals surface area contributed by atoms with Crippen molar-refractivity contribution in [2.24, 2.45) is 7.05 Å². The van der Waals surface area contributed by atoms with Crippen LogP contribution in [0.3, 0.4) is 0 Å². The predicted octanol–water partition coefficient (Wildman–Crippen LogP) is 2.77. The molecular formula is C15H20ClN3O. The monoisotopic (exact) mass is 293 g/mol. The number of halogens is 1. The average molecular weight is 294 g/mol. The third kappa shape index (κ3) is 3.32. The van der Waals surface area contributed by atoms with Gasteiger partial charge < -0.3 is 10.0 Å². The summed E-state index contributed by atoms with van der Waals surface area (Å²) in [4.78, 5) is 2.21. The topological polar surface area (TPSA) is 41.3 Å². The molecule has 0 aliphatic carbocycles. The third-order valence-electron chi connectivity index (χ3n) is 3.33. The maximum Gasteiger partial charge on any atom is 0.131 e. The molecule has 1 aromatic carbocycles. The van der Waals surface area contributed by atoms with E-state index in [1.165, 1.54) is 0 Å². The molecule has 2 aromatic rings. The fourth-order valence-electron chi connectivity index (χ4n) is 2.24. The molecule has 1 aromatic heterocycles. The second-order valence-electron chi connectivity index (χ2n) is 4.81. The first-order valence-corrected chi connectivity index (χ1v) is 7.10. The van der Waals surface area contributed by atoms with Gasteiger partial charge in [0.25, 0.3) is 0 Å². The largest absolute Gasteiger partial charge is 0.396 e. The van der Waals surface area contributed by atoms with Crippen molar-refractivity contribution in [1.82, 2.24) is 9.78 Å². The Hall–Kier alpha value is -1.52. The van der Waals surface area contributed by atoms with Crippen molar-refractivity contribution in [3.63, 3.8) is 0 Å². The molecule has 0 aliphatic rings. The van der Waals surface area contributed by atoms with E-state index in [9.17, 15) is 0 Å². The zero-order valence-corrected chi connectivity index (χ0v) is 12.6. The minimum absolute atomic E-state index is 0.184. The van der Waals surface area contributed by atoms with Crippen molar-refractivity contribution in [2.75, 3.05) is 18.1 Å². The van der Waals surface area contributed by atoms with Crippen molar-refractivity contribution < 1.29 is 5.11 Å². The summed E-state index contributed by atoms with van der Waals surface area (Å²) in [5, 5.41) is 14.1. The van der Waals surface area contributed by atoms with Crippen LogP contribution in [0.4, 0.5) is 5.69 Å². The molecule has 0 atom stereocenters. The quantitative estimate of drug-likeness (QED) is 0.890. The van der Waals surface area contributed by atoms with Crippen LogP contribution in [-0.2, 0) is 13.6 Å². The first kappa shape index (κ1) is 14.9. The van der Waals surface area contributed by atoms with Crippen molar-refractivity contribution in [3.05, 3.63) is 46.7 Å². The Kier molecular flexibility index (Phi) is 5.04. The molecule has 0 unspecified atom stereocenters. The normalized spacial score (nSPS) is 10.8. The van der Waals surface area contributed by atoms with Crippen LogP contribution in [0.1, 0.15) is 17.7 Å². The van der Waals surface area contributed by atoms with Crippen LogP contribution in [0.25, 0.3) is 0 Å². The van der Waals surface area contributed by atoms with Gasteiger partial charge in [0.15, 0.2) is 0 Å². The summed E-state index contributed by atoms with van der Waals surface area (Å²) in [7, 11) is 1.85. The molecule has 20 heavy (non-hydrogen) atoms. The Labute approximate surface area is 124 Å². The minimum atomic E-state index is 0.184. The molecule has 1 N–H and O–H groups in total. The number of hydrogen-bond donors (Lipinski definition) is 1. The molecular weight excluding hydrogens is 274 g/mol. The second-order valence-corrected chi connectivity index (χ2v) is 5.17. The number of benzene rings is 1. The molecule has 1 heterocycles. The zero-order chi connectivity index (χ0) is 14.5. The molecule has 2 rings (SSSR count). The van der Waals surface area contributed by atoms with Crippen LogP contribution in [0.2, 0.25) is 5.15 Å². The average Bonchev–Trinajstić information content (AvgIpc) is 2.70. The highest BCUT2D eigenvalue weighted by molar-refractivity contribution is 6.30. The van der Waals surface area contributed by atoms with E-state index in [-0.39, 0.29) is 6.61 Å². The van der Waals surface area contributed by atoms with Crippen LogP contribution < -0.4 is 4.90 Å². The Morgan fingerprint density at radius 1 is 1.30 bits per heavy atom. The smallest absolute Gasteiger partial charge is 0.131 e. The Balaban J connectivity index is 2.24. The lowest BCUT2D eigenvalue weighted by atomic mass is 10.2. The van der Waals surface area contributed by atoms with Gasteiger partial charge in [-0.2, -0.15) is 5.10 Å². The number of rotatable bonds is 6. The number of nitrogens with zero attached hydrogens (tertiary/aromatic N) is 3. The first-order chi connectivity index (χ1) is 9.63. The third-order valence-corrected chi connectivity index (χ3v) is 3.80. The maximum atomic E-state index is 9.07. The number of aliphatic hydroxyl groups excluding tert-OH is 1. The summed E-state index contributed by atoms with van der Waals surface area (Å²) < 4.78 is 1.70. The van der Waals surface area contributed by atoms with Gasteiger partial charge >= 0.3 is 0 Å². The van der Waals surface area contributed by atoms with Gasteiger partial charge in [-0.1, -0.05) is 29.8 Å². The van der Waals surface area contributed by atoms with Gasteiger partial charge in [-0.15, -0.1) is 0 Å². The fourth-order valence-corrected chi connectivity index (χ4v) is 2.48. The van der Waals surface area contributed by atoms with Gasteiger partial charge in [0.2, 0.25) is 0 Å². The summed E-state index contributed by atoms with van der Waals surface area (Å²) in [6, 6.07) is 10.2. The molecule has 108 valence electrons. The van der Waals surface area contributed by atoms with Crippen molar-refractivity contribution >= 4 is 17.3 Å². The van der Waals surface area contributed by atoms with E-state index in [0.29, 0.717) is 11.7 Å². The molecule has 0 fully saturated rings. The minimum Gasteiger partial charge on any atom is -0.396 e. The highest BCUT2D eigenvalue weighted by Gasteiger charge is 2.15. The van der Waals surface area contributed by atoms with Crippen LogP contribution >= 0.6 is 11.6 Å². The number of aromatic nitrogens is 2. The maximum absolute atomic E-state index is 9.07. The van der Waals surface area contributed by atoms with E-state index in [1.54, 1.807) is 4.68 Å². The molecule has 4 nitrogen and oxygen atoms in total. The molecule has 0 bridgehead atoms. The summed E-state index contributed by atoms with van der Waals surface area (Å²) >= 11 is 6.30. The van der Waals surface area contributed by atoms with Gasteiger partial charge in [0.05, 0.1) is 5.69 Å². The highest BCUT2D eigenvalue weighted by Crippen LogP contribution is 2.24. The van der Waals surface area contributed by atoms with E-state index < -0.39 is 0 Å². The molecule has 0 spiro atoms. The fraction of sp³-hybridized carbons (Fsp3) is 0.400. The molecule has 0 radical (unpaired) electrons. The number of aliphatic hydroxyl groups is 1. The number of para-hydroxylation sites is 1. The lowest BCUT2D eigenvalue weighted by Gasteiger charge is -2.24. The van der Waals surface area contributed by atoms with Crippen molar-refractivity contribution in [2.45, 2.75) is 19.9 Å². The zero-order valence-electron chi connectivity index (χ0n) is 11.9. The van der Waals surface area contributed by atoms with Crippen LogP contribution in [0, 0.1) is 6.92 Å². The Morgan fingerprint density at radius 2 is 2.00 bits per heavy atom. The standard InChI is InChI=1S/C15H20ClN3O/c1-12-14(15(16)18(2)17-12)11-19(9-6-10-20)13-7-4-3-5-8-13/h3-5,7-8,20H,6,9-11H2,1-2H3. The van der Waals surface area contributed by atoms with E-state index in [0.717, 1.165) is 29.9 Å². The summed E-state index contributed by atoms with van der Waals surface area (Å²) in [6.07, 6.45) is 0.728. The Bertz CT molecular complexity index is 554. The summed E-state index contributed by atoms with van der Waals surface area (Å²) in [5.41, 5.74) is 3.11. The number of aryl methyl sites for hydroxylation is 2. The van der Waals surface area contributed by atoms with E-state index >= 15 is 0 Å². The highest BCUT2D eigenvalue weighted by atomic mass is 35.5. The van der Waals surface area contributed by atoms with Gasteiger partial charge in [0.1, 0.15) is 5.15 Å². The summed E-state index contributed by atoms with van der Waals surface area (Å²) in [5.74, 6) is 0. The lowest BCUT2D eigenvalue weighted by molar-refractivity contribution is 0.289. The molecule has 0 amide bonds. The predicted molar refractivity (Wildman–Crippen MR) is 82.1 cm³/mol. The van der Waals surface area contributed by atoms with Gasteiger partial charge in [-0.05, 0) is 25.5 Å². The van der Waals surface area contributed by atoms with Gasteiger partial charge in [-0.25, -0.2) is 0 Å². The molecule has 0 saturated carbocycles. The van der Waals surface area contributed by atoms with Crippen LogP contribution in [0.15, 0.2) is 30.3 Å². The van der Waals surface area contributed by atoms with Crippen molar-refractivity contribution in [3.8, 4) is 0 Å². The molecule has 0 saturated heterocycles. The van der Waals surface area contributed by atoms with E-state index in [4.69, 9.17) is 16.7 Å². The second kappa shape index (κ2) is 6.77. The van der Waals surface area contributed by atoms with E-state index in [1.807, 2.05) is 32.2 Å². The van der Waals surface area contributed by atoms with Gasteiger partial charge in [0, 0.05) is 38.0 Å². The molecule has 5 heteroatoms. The van der Waals surface area contributed by atoms with Crippen molar-refractivity contribution in [1.29, 1.82) is 0 Å². The molecule has 0 aliphatic heterocycles. The first-order valence-electron chi connectivity index (χ1n) is 6.72. The Morgan fingerprint density at radius 3 is 2.55 bits per heavy atom. The number of hydrogen-bond acceptors (Lipinski definition) is 3. The van der Waals surface area contributed by atoms with Gasteiger partial charge in [-0.3, -0.25) is 4.68 Å². The van der Waals surface area contributed by atoms with Crippen LogP contribution in [0.5, 0.6) is 0 Å².